The molecule has 0 bridgehead atoms. The zero-order valence-electron chi connectivity index (χ0n) is 16.7. The third-order valence-electron chi connectivity index (χ3n) is 4.91. The number of benzene rings is 2. The molecule has 1 aliphatic rings. The number of imide groups is 1. The fraction of sp³-hybridized carbons (Fsp3) is 0.286. The predicted molar refractivity (Wildman–Crippen MR) is 110 cm³/mol. The van der Waals surface area contributed by atoms with Crippen LogP contribution in [0.1, 0.15) is 34.8 Å². The van der Waals surface area contributed by atoms with E-state index in [1.807, 2.05) is 0 Å². The van der Waals surface area contributed by atoms with E-state index in [2.05, 4.69) is 10.6 Å². The van der Waals surface area contributed by atoms with Gasteiger partial charge in [-0.05, 0) is 30.3 Å². The van der Waals surface area contributed by atoms with Crippen LogP contribution in [0.25, 0.3) is 0 Å². The minimum atomic E-state index is -1.30. The summed E-state index contributed by atoms with van der Waals surface area (Å²) in [5, 5.41) is 5.30. The highest BCUT2D eigenvalue weighted by Gasteiger charge is 2.35. The molecule has 0 spiro atoms. The molecule has 0 aliphatic carbocycles. The van der Waals surface area contributed by atoms with Gasteiger partial charge in [-0.25, -0.2) is 4.39 Å². The summed E-state index contributed by atoms with van der Waals surface area (Å²) in [5.41, 5.74) is 2.08. The standard InChI is InChI=1S/C21H21BFN3O4/c1-3-18(27)25-20(28)19(22)26-11-15-14(21(26)29)5-4-6-17(15)24-10-12-9-13(30-2)7-8-16(12)23/h4-9,19,24H,3,10-11H2,1-2H3,(H,25,27,28). The summed E-state index contributed by atoms with van der Waals surface area (Å²) in [6.45, 7) is 1.87. The lowest BCUT2D eigenvalue weighted by Crippen LogP contribution is -2.49. The summed E-state index contributed by atoms with van der Waals surface area (Å²) in [7, 11) is 7.42. The Labute approximate surface area is 175 Å². The first kappa shape index (κ1) is 21.4. The molecule has 2 radical (unpaired) electrons. The van der Waals surface area contributed by atoms with Crippen molar-refractivity contribution in [3.63, 3.8) is 0 Å². The van der Waals surface area contributed by atoms with Crippen molar-refractivity contribution in [3.05, 3.63) is 58.9 Å². The lowest BCUT2D eigenvalue weighted by Gasteiger charge is -2.23. The van der Waals surface area contributed by atoms with Crippen LogP contribution in [0.2, 0.25) is 0 Å². The van der Waals surface area contributed by atoms with Crippen molar-refractivity contribution in [2.75, 3.05) is 12.4 Å². The smallest absolute Gasteiger partial charge is 0.254 e. The molecule has 0 saturated heterocycles. The molecule has 1 heterocycles. The number of amides is 3. The van der Waals surface area contributed by atoms with E-state index in [1.54, 1.807) is 31.2 Å². The van der Waals surface area contributed by atoms with Gasteiger partial charge < -0.3 is 15.0 Å². The predicted octanol–water partition coefficient (Wildman–Crippen LogP) is 1.95. The van der Waals surface area contributed by atoms with E-state index in [4.69, 9.17) is 12.6 Å². The number of anilines is 1. The molecule has 1 atom stereocenters. The third-order valence-corrected chi connectivity index (χ3v) is 4.91. The number of ether oxygens (including phenoxy) is 1. The zero-order valence-corrected chi connectivity index (χ0v) is 16.7. The Morgan fingerprint density at radius 3 is 2.77 bits per heavy atom. The molecule has 7 nitrogen and oxygen atoms in total. The number of nitrogens with zero attached hydrogens (tertiary/aromatic N) is 1. The molecule has 0 fully saturated rings. The van der Waals surface area contributed by atoms with Crippen molar-refractivity contribution < 1.29 is 23.5 Å². The average molecular weight is 409 g/mol. The second-order valence-electron chi connectivity index (χ2n) is 6.79. The Hall–Kier alpha value is -3.36. The van der Waals surface area contributed by atoms with Crippen LogP contribution in [0.15, 0.2) is 36.4 Å². The van der Waals surface area contributed by atoms with Crippen LogP contribution in [-0.2, 0) is 22.7 Å². The molecule has 9 heteroatoms. The monoisotopic (exact) mass is 409 g/mol. The van der Waals surface area contributed by atoms with Gasteiger partial charge in [0.25, 0.3) is 5.91 Å². The molecule has 30 heavy (non-hydrogen) atoms. The second-order valence-corrected chi connectivity index (χ2v) is 6.79. The summed E-state index contributed by atoms with van der Waals surface area (Å²) < 4.78 is 19.2. The topological polar surface area (TPSA) is 87.7 Å². The van der Waals surface area contributed by atoms with Gasteiger partial charge in [-0.15, -0.1) is 0 Å². The minimum absolute atomic E-state index is 0.0901. The summed E-state index contributed by atoms with van der Waals surface area (Å²) in [4.78, 5) is 37.6. The fourth-order valence-corrected chi connectivity index (χ4v) is 3.19. The SMILES string of the molecule is [B]C(C(=O)NC(=O)CC)N1Cc2c(NCc3cc(OC)ccc3F)cccc2C1=O. The third kappa shape index (κ3) is 4.29. The first-order valence-electron chi connectivity index (χ1n) is 9.44. The van der Waals surface area contributed by atoms with Gasteiger partial charge in [0.1, 0.15) is 19.4 Å². The van der Waals surface area contributed by atoms with Crippen molar-refractivity contribution in [1.82, 2.24) is 10.2 Å². The van der Waals surface area contributed by atoms with Crippen LogP contribution < -0.4 is 15.4 Å². The van der Waals surface area contributed by atoms with E-state index in [9.17, 15) is 18.8 Å². The Balaban J connectivity index is 1.77. The normalized spacial score (nSPS) is 13.6. The van der Waals surface area contributed by atoms with Crippen LogP contribution in [0.3, 0.4) is 0 Å². The number of carbonyl (C=O) groups is 3. The number of halogens is 1. The van der Waals surface area contributed by atoms with Gasteiger partial charge in [0, 0.05) is 41.9 Å². The number of hydrogen-bond acceptors (Lipinski definition) is 5. The number of rotatable bonds is 7. The van der Waals surface area contributed by atoms with E-state index in [1.165, 1.54) is 24.1 Å². The first-order chi connectivity index (χ1) is 14.3. The molecule has 2 aromatic rings. The van der Waals surface area contributed by atoms with Crippen molar-refractivity contribution in [2.24, 2.45) is 0 Å². The van der Waals surface area contributed by atoms with E-state index in [-0.39, 0.29) is 25.3 Å². The van der Waals surface area contributed by atoms with Crippen LogP contribution >= 0.6 is 0 Å². The number of nitrogens with one attached hydrogen (secondary N) is 2. The Morgan fingerprint density at radius 1 is 1.30 bits per heavy atom. The lowest BCUT2D eigenvalue weighted by atomic mass is 9.93. The molecule has 3 rings (SSSR count). The molecule has 2 N–H and O–H groups in total. The van der Waals surface area contributed by atoms with E-state index in [0.29, 0.717) is 28.1 Å². The van der Waals surface area contributed by atoms with Crippen LogP contribution in [-0.4, -0.2) is 43.5 Å². The van der Waals surface area contributed by atoms with Gasteiger partial charge in [0.2, 0.25) is 11.8 Å². The van der Waals surface area contributed by atoms with E-state index < -0.39 is 23.7 Å². The largest absolute Gasteiger partial charge is 0.497 e. The maximum atomic E-state index is 14.1. The lowest BCUT2D eigenvalue weighted by molar-refractivity contribution is -0.131. The zero-order chi connectivity index (χ0) is 21.8. The molecule has 2 aromatic carbocycles. The number of carbonyl (C=O) groups excluding carboxylic acids is 3. The maximum Gasteiger partial charge on any atom is 0.254 e. The van der Waals surface area contributed by atoms with Gasteiger partial charge in [0.05, 0.1) is 13.1 Å². The average Bonchev–Trinajstić information content (AvgIpc) is 3.09. The molecule has 3 amide bonds. The van der Waals surface area contributed by atoms with Crippen molar-refractivity contribution >= 4 is 31.3 Å². The Kier molecular flexibility index (Phi) is 6.39. The Morgan fingerprint density at radius 2 is 2.07 bits per heavy atom. The molecule has 1 unspecified atom stereocenters. The second kappa shape index (κ2) is 8.98. The first-order valence-corrected chi connectivity index (χ1v) is 9.44. The van der Waals surface area contributed by atoms with Crippen molar-refractivity contribution in [2.45, 2.75) is 32.4 Å². The van der Waals surface area contributed by atoms with Gasteiger partial charge >= 0.3 is 0 Å². The fourth-order valence-electron chi connectivity index (χ4n) is 3.19. The van der Waals surface area contributed by atoms with Gasteiger partial charge in [-0.1, -0.05) is 13.0 Å². The van der Waals surface area contributed by atoms with E-state index >= 15 is 0 Å². The van der Waals surface area contributed by atoms with Gasteiger partial charge in [0.15, 0.2) is 0 Å². The molecule has 0 aromatic heterocycles. The maximum absolute atomic E-state index is 14.1. The highest BCUT2D eigenvalue weighted by Crippen LogP contribution is 2.31. The van der Waals surface area contributed by atoms with Gasteiger partial charge in [-0.2, -0.15) is 0 Å². The van der Waals surface area contributed by atoms with Crippen LogP contribution in [0.4, 0.5) is 10.1 Å². The molecular formula is C21H21BFN3O4. The summed E-state index contributed by atoms with van der Waals surface area (Å²) >= 11 is 0. The van der Waals surface area contributed by atoms with Crippen LogP contribution in [0.5, 0.6) is 5.75 Å². The van der Waals surface area contributed by atoms with Crippen molar-refractivity contribution in [3.8, 4) is 5.75 Å². The number of fused-ring (bicyclic) bond motifs is 1. The summed E-state index contributed by atoms with van der Waals surface area (Å²) in [5.74, 6) is -2.77. The summed E-state index contributed by atoms with van der Waals surface area (Å²) in [6, 6.07) is 9.54. The molecule has 154 valence electrons. The van der Waals surface area contributed by atoms with E-state index in [0.717, 1.165) is 0 Å². The highest BCUT2D eigenvalue weighted by atomic mass is 19.1. The number of hydrogen-bond donors (Lipinski definition) is 2. The molecular weight excluding hydrogens is 388 g/mol. The Bertz CT molecular complexity index is 998. The van der Waals surface area contributed by atoms with Crippen LogP contribution in [0, 0.1) is 5.82 Å². The summed E-state index contributed by atoms with van der Waals surface area (Å²) in [6.07, 6.45) is 0.127. The van der Waals surface area contributed by atoms with Gasteiger partial charge in [-0.3, -0.25) is 19.7 Å². The molecule has 1 aliphatic heterocycles. The van der Waals surface area contributed by atoms with Crippen molar-refractivity contribution in [1.29, 1.82) is 0 Å². The minimum Gasteiger partial charge on any atom is -0.497 e. The number of methoxy groups -OCH3 is 1. The molecule has 0 saturated carbocycles. The quantitative estimate of drug-likeness (QED) is 0.683. The highest BCUT2D eigenvalue weighted by molar-refractivity contribution is 6.27.